The molecule has 2 aliphatic rings. The Kier molecular flexibility index (Phi) is 4.97. The van der Waals surface area contributed by atoms with Gasteiger partial charge in [-0.1, -0.05) is 67.9 Å². The third-order valence-corrected chi connectivity index (χ3v) is 7.86. The molecule has 0 spiro atoms. The van der Waals surface area contributed by atoms with E-state index >= 15 is 0 Å². The first-order valence-electron chi connectivity index (χ1n) is 10.1. The molecule has 1 N–H and O–H groups in total. The number of amides is 1. The van der Waals surface area contributed by atoms with E-state index in [0.29, 0.717) is 11.4 Å². The number of halogens is 1. The number of rotatable bonds is 4. The van der Waals surface area contributed by atoms with Crippen LogP contribution in [-0.4, -0.2) is 17.6 Å². The molecule has 0 aliphatic heterocycles. The average molecular weight is 425 g/mol. The molecule has 5 nitrogen and oxygen atoms in total. The molecule has 2 fully saturated rings. The van der Waals surface area contributed by atoms with Crippen LogP contribution in [0.15, 0.2) is 59.8 Å². The van der Waals surface area contributed by atoms with E-state index in [1.807, 2.05) is 30.3 Å². The average Bonchev–Trinajstić information content (AvgIpc) is 3.04. The van der Waals surface area contributed by atoms with Crippen LogP contribution in [0.4, 0.5) is 5.69 Å². The summed E-state index contributed by atoms with van der Waals surface area (Å²) in [7, 11) is 0. The number of anilines is 1. The molecule has 4 rings (SSSR count). The Bertz CT molecular complexity index is 1030. The van der Waals surface area contributed by atoms with Crippen LogP contribution in [0.1, 0.15) is 50.4 Å². The standard InChI is InChI=1S/C24H25ClN2O3/c1-22(2)23(3)13-14-24(22,21(29)26-16-9-5-4-6-10-16)15-19(23)27-30-20(28)17-11-7-8-12-18(17)25/h4-12H,13-15H2,1-3H3,(H,26,29). The van der Waals surface area contributed by atoms with Gasteiger partial charge in [0.1, 0.15) is 0 Å². The smallest absolute Gasteiger partial charge is 0.326 e. The lowest BCUT2D eigenvalue weighted by Crippen LogP contribution is -2.43. The quantitative estimate of drug-likeness (QED) is 0.505. The van der Waals surface area contributed by atoms with E-state index in [4.69, 9.17) is 16.4 Å². The zero-order valence-corrected chi connectivity index (χ0v) is 18.1. The third-order valence-electron chi connectivity index (χ3n) is 7.53. The second kappa shape index (κ2) is 7.24. The fourth-order valence-corrected chi connectivity index (χ4v) is 5.28. The second-order valence-corrected chi connectivity index (χ2v) is 9.34. The van der Waals surface area contributed by atoms with Crippen LogP contribution in [0.25, 0.3) is 0 Å². The predicted molar refractivity (Wildman–Crippen MR) is 118 cm³/mol. The van der Waals surface area contributed by atoms with Gasteiger partial charge >= 0.3 is 5.97 Å². The summed E-state index contributed by atoms with van der Waals surface area (Å²) < 4.78 is 0. The van der Waals surface area contributed by atoms with Crippen LogP contribution in [0.2, 0.25) is 5.02 Å². The lowest BCUT2D eigenvalue weighted by atomic mass is 9.64. The van der Waals surface area contributed by atoms with Gasteiger partial charge in [-0.2, -0.15) is 0 Å². The zero-order chi connectivity index (χ0) is 21.6. The molecule has 156 valence electrons. The highest BCUT2D eigenvalue weighted by Crippen LogP contribution is 2.71. The van der Waals surface area contributed by atoms with Gasteiger partial charge in [0.25, 0.3) is 0 Å². The minimum atomic E-state index is -0.604. The number of hydrogen-bond acceptors (Lipinski definition) is 4. The molecule has 0 aromatic heterocycles. The third kappa shape index (κ3) is 2.95. The first kappa shape index (κ1) is 20.6. The second-order valence-electron chi connectivity index (χ2n) is 8.93. The fraction of sp³-hybridized carbons (Fsp3) is 0.375. The molecule has 2 atom stereocenters. The van der Waals surface area contributed by atoms with Crippen molar-refractivity contribution in [1.29, 1.82) is 0 Å². The highest BCUT2D eigenvalue weighted by atomic mass is 35.5. The zero-order valence-electron chi connectivity index (χ0n) is 17.4. The Morgan fingerprint density at radius 2 is 1.67 bits per heavy atom. The first-order valence-corrected chi connectivity index (χ1v) is 10.5. The van der Waals surface area contributed by atoms with E-state index < -0.39 is 11.4 Å². The monoisotopic (exact) mass is 424 g/mol. The maximum atomic E-state index is 13.4. The molecular weight excluding hydrogens is 400 g/mol. The van der Waals surface area contributed by atoms with Crippen molar-refractivity contribution in [1.82, 2.24) is 0 Å². The van der Waals surface area contributed by atoms with Gasteiger partial charge in [-0.25, -0.2) is 4.79 Å². The summed E-state index contributed by atoms with van der Waals surface area (Å²) >= 11 is 6.09. The maximum absolute atomic E-state index is 13.4. The molecule has 2 unspecified atom stereocenters. The van der Waals surface area contributed by atoms with Gasteiger partial charge in [-0.3, -0.25) is 4.79 Å². The fourth-order valence-electron chi connectivity index (χ4n) is 5.07. The number of carbonyl (C=O) groups is 2. The van der Waals surface area contributed by atoms with Crippen molar-refractivity contribution in [3.8, 4) is 0 Å². The molecule has 0 radical (unpaired) electrons. The lowest BCUT2D eigenvalue weighted by Gasteiger charge is -2.39. The number of nitrogens with zero attached hydrogens (tertiary/aromatic N) is 1. The number of para-hydroxylation sites is 1. The van der Waals surface area contributed by atoms with Crippen molar-refractivity contribution in [3.05, 3.63) is 65.2 Å². The summed E-state index contributed by atoms with van der Waals surface area (Å²) in [6, 6.07) is 16.2. The van der Waals surface area contributed by atoms with Crippen LogP contribution in [-0.2, 0) is 9.63 Å². The Morgan fingerprint density at radius 1 is 1.00 bits per heavy atom. The van der Waals surface area contributed by atoms with E-state index in [1.54, 1.807) is 24.3 Å². The van der Waals surface area contributed by atoms with Gasteiger partial charge in [0.2, 0.25) is 5.91 Å². The summed E-state index contributed by atoms with van der Waals surface area (Å²) in [6.45, 7) is 6.34. The molecule has 2 aliphatic carbocycles. The highest BCUT2D eigenvalue weighted by Gasteiger charge is 2.71. The van der Waals surface area contributed by atoms with Gasteiger partial charge in [-0.05, 0) is 42.5 Å². The van der Waals surface area contributed by atoms with Crippen molar-refractivity contribution in [2.75, 3.05) is 5.32 Å². The van der Waals surface area contributed by atoms with Crippen LogP contribution in [0, 0.1) is 16.2 Å². The van der Waals surface area contributed by atoms with Crippen molar-refractivity contribution < 1.29 is 14.4 Å². The molecule has 0 heterocycles. The summed E-state index contributed by atoms with van der Waals surface area (Å²) in [5.41, 5.74) is 0.524. The number of benzene rings is 2. The van der Waals surface area contributed by atoms with Crippen LogP contribution < -0.4 is 5.32 Å². The Balaban J connectivity index is 1.60. The molecule has 1 amide bonds. The number of hydrogen-bond donors (Lipinski definition) is 1. The van der Waals surface area contributed by atoms with Gasteiger partial charge in [-0.15, -0.1) is 0 Å². The normalized spacial score (nSPS) is 27.8. The van der Waals surface area contributed by atoms with Gasteiger partial charge < -0.3 is 10.2 Å². The van der Waals surface area contributed by atoms with Gasteiger partial charge in [0.15, 0.2) is 0 Å². The van der Waals surface area contributed by atoms with Gasteiger partial charge in [0, 0.05) is 17.5 Å². The van der Waals surface area contributed by atoms with Crippen molar-refractivity contribution in [2.45, 2.75) is 40.0 Å². The van der Waals surface area contributed by atoms with Crippen LogP contribution in [0.5, 0.6) is 0 Å². The van der Waals surface area contributed by atoms with Crippen LogP contribution in [0.3, 0.4) is 0 Å². The predicted octanol–water partition coefficient (Wildman–Crippen LogP) is 5.71. The number of oxime groups is 1. The van der Waals surface area contributed by atoms with Crippen LogP contribution >= 0.6 is 11.6 Å². The SMILES string of the molecule is CC12CCC(C(=O)Nc3ccccc3)(CC1=NOC(=O)c1ccccc1Cl)C2(C)C. The lowest BCUT2D eigenvalue weighted by molar-refractivity contribution is -0.130. The molecule has 0 saturated heterocycles. The molecule has 2 aromatic carbocycles. The number of fused-ring (bicyclic) bond motifs is 2. The van der Waals surface area contributed by atoms with E-state index in [9.17, 15) is 9.59 Å². The number of carbonyl (C=O) groups excluding carboxylic acids is 2. The number of nitrogens with one attached hydrogen (secondary N) is 1. The molecule has 2 saturated carbocycles. The Labute approximate surface area is 181 Å². The molecule has 2 bridgehead atoms. The summed E-state index contributed by atoms with van der Waals surface area (Å²) in [5, 5.41) is 7.65. The topological polar surface area (TPSA) is 67.8 Å². The van der Waals surface area contributed by atoms with E-state index in [-0.39, 0.29) is 22.3 Å². The van der Waals surface area contributed by atoms with E-state index in [0.717, 1.165) is 24.2 Å². The molecule has 30 heavy (non-hydrogen) atoms. The Morgan fingerprint density at radius 3 is 2.37 bits per heavy atom. The van der Waals surface area contributed by atoms with Crippen molar-refractivity contribution >= 4 is 34.9 Å². The largest absolute Gasteiger partial charge is 0.367 e. The highest BCUT2D eigenvalue weighted by molar-refractivity contribution is 6.33. The summed E-state index contributed by atoms with van der Waals surface area (Å²) in [6.07, 6.45) is 2.04. The first-order chi connectivity index (χ1) is 14.2. The minimum absolute atomic E-state index is 0.00921. The van der Waals surface area contributed by atoms with E-state index in [1.165, 1.54) is 0 Å². The van der Waals surface area contributed by atoms with Gasteiger partial charge in [0.05, 0.1) is 21.7 Å². The van der Waals surface area contributed by atoms with Crippen molar-refractivity contribution in [2.24, 2.45) is 21.4 Å². The Hall–Kier alpha value is -2.66. The molecular formula is C24H25ClN2O3. The summed E-state index contributed by atoms with van der Waals surface area (Å²) in [5.74, 6) is -0.606. The molecule has 2 aromatic rings. The summed E-state index contributed by atoms with van der Waals surface area (Å²) in [4.78, 5) is 31.1. The van der Waals surface area contributed by atoms with E-state index in [2.05, 4.69) is 31.2 Å². The molecule has 6 heteroatoms. The van der Waals surface area contributed by atoms with Crippen molar-refractivity contribution in [3.63, 3.8) is 0 Å². The maximum Gasteiger partial charge on any atom is 0.367 e. The minimum Gasteiger partial charge on any atom is -0.326 e.